The summed E-state index contributed by atoms with van der Waals surface area (Å²) >= 11 is 1.15. The number of carbonyl (C=O) groups excluding carboxylic acids is 2. The van der Waals surface area contributed by atoms with Crippen LogP contribution in [0.3, 0.4) is 0 Å². The second-order valence-corrected chi connectivity index (χ2v) is 17.1. The molecular weight excluding hydrogens is 446 g/mol. The van der Waals surface area contributed by atoms with Crippen LogP contribution in [0.25, 0.3) is 0 Å². The molecule has 0 aromatic heterocycles. The molecule has 1 saturated heterocycles. The van der Waals surface area contributed by atoms with Crippen molar-refractivity contribution in [3.8, 4) is 0 Å². The van der Waals surface area contributed by atoms with E-state index in [-0.39, 0.29) is 27.5 Å². The first kappa shape index (κ1) is 30.4. The van der Waals surface area contributed by atoms with Gasteiger partial charge in [-0.25, -0.2) is 0 Å². The minimum atomic E-state index is -1.72. The molecule has 192 valence electrons. The van der Waals surface area contributed by atoms with E-state index in [1.165, 1.54) is 70.6 Å². The fraction of sp³-hybridized carbons (Fsp3) is 0.852. The molecule has 1 N–H and O–H groups in total. The average molecular weight is 498 g/mol. The van der Waals surface area contributed by atoms with Crippen molar-refractivity contribution in [3.05, 3.63) is 12.2 Å². The summed E-state index contributed by atoms with van der Waals surface area (Å²) in [6.07, 6.45) is 21.9. The standard InChI is InChI=1S/C27H51NO3SSi/c1-7-8-20-23(31-33(5,6)27(2,3)4)21-18-16-14-12-10-9-11-13-15-17-19-22-24-25(29)28-26(30)32-24/h18,21,23-24H,7-17,19-20,22H2,1-6H3,(H,28,29,30). The Morgan fingerprint density at radius 3 is 2.06 bits per heavy atom. The average Bonchev–Trinajstić information content (AvgIpc) is 3.05. The fourth-order valence-corrected chi connectivity index (χ4v) is 5.99. The Morgan fingerprint density at radius 2 is 1.55 bits per heavy atom. The molecule has 0 saturated carbocycles. The van der Waals surface area contributed by atoms with Crippen molar-refractivity contribution in [1.82, 2.24) is 5.32 Å². The van der Waals surface area contributed by atoms with E-state index >= 15 is 0 Å². The number of nitrogens with one attached hydrogen (secondary N) is 1. The second kappa shape index (κ2) is 16.1. The van der Waals surface area contributed by atoms with Crippen molar-refractivity contribution in [1.29, 1.82) is 0 Å². The topological polar surface area (TPSA) is 55.4 Å². The molecule has 6 heteroatoms. The Labute approximate surface area is 209 Å². The smallest absolute Gasteiger partial charge is 0.286 e. The summed E-state index contributed by atoms with van der Waals surface area (Å²) < 4.78 is 6.66. The number of hydrogen-bond acceptors (Lipinski definition) is 4. The Hall–Kier alpha value is -0.593. The lowest BCUT2D eigenvalue weighted by Crippen LogP contribution is -2.43. The van der Waals surface area contributed by atoms with Gasteiger partial charge in [0.1, 0.15) is 0 Å². The van der Waals surface area contributed by atoms with E-state index in [1.807, 2.05) is 0 Å². The number of imide groups is 1. The van der Waals surface area contributed by atoms with Gasteiger partial charge in [0.2, 0.25) is 5.91 Å². The summed E-state index contributed by atoms with van der Waals surface area (Å²) in [7, 11) is -1.72. The van der Waals surface area contributed by atoms with Gasteiger partial charge in [-0.1, -0.05) is 116 Å². The molecule has 1 aliphatic heterocycles. The third kappa shape index (κ3) is 13.2. The third-order valence-electron chi connectivity index (χ3n) is 7.05. The molecule has 1 aliphatic rings. The molecule has 2 unspecified atom stereocenters. The lowest BCUT2D eigenvalue weighted by Gasteiger charge is -2.38. The molecule has 1 rings (SSSR count). The maximum Gasteiger partial charge on any atom is 0.286 e. The van der Waals surface area contributed by atoms with Gasteiger partial charge in [-0.3, -0.25) is 14.9 Å². The molecule has 0 spiro atoms. The number of thioether (sulfide) groups is 1. The number of carbonyl (C=O) groups is 2. The summed E-state index contributed by atoms with van der Waals surface area (Å²) in [6, 6.07) is 0. The molecule has 1 fully saturated rings. The van der Waals surface area contributed by atoms with Gasteiger partial charge < -0.3 is 4.43 Å². The highest BCUT2D eigenvalue weighted by molar-refractivity contribution is 8.15. The van der Waals surface area contributed by atoms with E-state index in [9.17, 15) is 9.59 Å². The fourth-order valence-electron chi connectivity index (χ4n) is 3.82. The largest absolute Gasteiger partial charge is 0.411 e. The maximum atomic E-state index is 11.5. The summed E-state index contributed by atoms with van der Waals surface area (Å²) in [5.74, 6) is -0.0977. The normalized spacial score (nSPS) is 18.3. The first-order valence-electron chi connectivity index (χ1n) is 13.4. The molecule has 4 nitrogen and oxygen atoms in total. The van der Waals surface area contributed by atoms with E-state index < -0.39 is 8.32 Å². The van der Waals surface area contributed by atoms with Crippen LogP contribution >= 0.6 is 11.8 Å². The summed E-state index contributed by atoms with van der Waals surface area (Å²) in [4.78, 5) is 22.7. The van der Waals surface area contributed by atoms with Gasteiger partial charge in [0.15, 0.2) is 8.32 Å². The van der Waals surface area contributed by atoms with Crippen LogP contribution in [0.4, 0.5) is 4.79 Å². The highest BCUT2D eigenvalue weighted by Gasteiger charge is 2.38. The molecule has 2 amide bonds. The second-order valence-electron chi connectivity index (χ2n) is 11.1. The molecule has 0 aliphatic carbocycles. The molecule has 33 heavy (non-hydrogen) atoms. The van der Waals surface area contributed by atoms with E-state index in [2.05, 4.69) is 58.3 Å². The zero-order chi connectivity index (χ0) is 24.7. The van der Waals surface area contributed by atoms with Crippen LogP contribution in [0.2, 0.25) is 18.1 Å². The van der Waals surface area contributed by atoms with Gasteiger partial charge in [0, 0.05) is 0 Å². The number of amides is 2. The van der Waals surface area contributed by atoms with E-state index in [4.69, 9.17) is 4.43 Å². The third-order valence-corrected chi connectivity index (χ3v) is 12.6. The van der Waals surface area contributed by atoms with Gasteiger partial charge in [-0.15, -0.1) is 0 Å². The van der Waals surface area contributed by atoms with Gasteiger partial charge >= 0.3 is 0 Å². The highest BCUT2D eigenvalue weighted by atomic mass is 32.2. The SMILES string of the molecule is CCCCC(C=CCCCCCCCCCCCC1SC(=O)NC1=O)O[Si](C)(C)C(C)(C)C. The van der Waals surface area contributed by atoms with Crippen LogP contribution < -0.4 is 5.32 Å². The van der Waals surface area contributed by atoms with Crippen LogP contribution in [0.1, 0.15) is 118 Å². The van der Waals surface area contributed by atoms with Gasteiger partial charge in [0.05, 0.1) is 11.4 Å². The van der Waals surface area contributed by atoms with Crippen LogP contribution in [-0.4, -0.2) is 30.8 Å². The summed E-state index contributed by atoms with van der Waals surface area (Å²) in [5.41, 5.74) is 0. The molecule has 0 radical (unpaired) electrons. The molecule has 0 bridgehead atoms. The maximum absolute atomic E-state index is 11.5. The molecule has 1 heterocycles. The van der Waals surface area contributed by atoms with Crippen molar-refractivity contribution < 1.29 is 14.0 Å². The molecule has 0 aromatic rings. The van der Waals surface area contributed by atoms with Crippen LogP contribution in [0.15, 0.2) is 12.2 Å². The van der Waals surface area contributed by atoms with E-state index in [0.29, 0.717) is 0 Å². The first-order chi connectivity index (χ1) is 15.6. The number of hydrogen-bond donors (Lipinski definition) is 1. The lowest BCUT2D eigenvalue weighted by molar-refractivity contribution is -0.119. The van der Waals surface area contributed by atoms with E-state index in [1.54, 1.807) is 0 Å². The number of allylic oxidation sites excluding steroid dienone is 1. The van der Waals surface area contributed by atoms with Crippen molar-refractivity contribution in [2.45, 2.75) is 147 Å². The summed E-state index contributed by atoms with van der Waals surface area (Å²) in [6.45, 7) is 13.9. The van der Waals surface area contributed by atoms with Crippen molar-refractivity contribution in [2.24, 2.45) is 0 Å². The minimum Gasteiger partial charge on any atom is -0.411 e. The van der Waals surface area contributed by atoms with Crippen molar-refractivity contribution in [2.75, 3.05) is 0 Å². The zero-order valence-electron chi connectivity index (χ0n) is 22.3. The Morgan fingerprint density at radius 1 is 0.970 bits per heavy atom. The number of rotatable bonds is 18. The molecular formula is C27H51NO3SSi. The monoisotopic (exact) mass is 497 g/mol. The van der Waals surface area contributed by atoms with Crippen molar-refractivity contribution >= 4 is 31.2 Å². The predicted octanol–water partition coefficient (Wildman–Crippen LogP) is 8.77. The Kier molecular flexibility index (Phi) is 14.9. The van der Waals surface area contributed by atoms with Crippen LogP contribution in [0, 0.1) is 0 Å². The Balaban J connectivity index is 2.06. The quantitative estimate of drug-likeness (QED) is 0.117. The lowest BCUT2D eigenvalue weighted by atomic mass is 10.0. The summed E-state index contributed by atoms with van der Waals surface area (Å²) in [5, 5.41) is 2.29. The van der Waals surface area contributed by atoms with Gasteiger partial charge in [-0.05, 0) is 43.8 Å². The minimum absolute atomic E-state index is 0.0977. The van der Waals surface area contributed by atoms with Gasteiger partial charge in [-0.2, -0.15) is 0 Å². The zero-order valence-corrected chi connectivity index (χ0v) is 24.2. The number of unbranched alkanes of at least 4 members (excludes halogenated alkanes) is 10. The molecule has 0 aromatic carbocycles. The van der Waals surface area contributed by atoms with Crippen LogP contribution in [-0.2, 0) is 9.22 Å². The predicted molar refractivity (Wildman–Crippen MR) is 146 cm³/mol. The van der Waals surface area contributed by atoms with Crippen molar-refractivity contribution in [3.63, 3.8) is 0 Å². The van der Waals surface area contributed by atoms with Crippen LogP contribution in [0.5, 0.6) is 0 Å². The van der Waals surface area contributed by atoms with E-state index in [0.717, 1.165) is 31.0 Å². The first-order valence-corrected chi connectivity index (χ1v) is 17.2. The van der Waals surface area contributed by atoms with Gasteiger partial charge in [0.25, 0.3) is 5.24 Å². The Bertz CT molecular complexity index is 601. The highest BCUT2D eigenvalue weighted by Crippen LogP contribution is 2.38. The molecule has 2 atom stereocenters.